The standard InChI is InChI=1S/C23H21N3O5/c1-16-20(17(2)31-25-16)14-29-21-11-7-6-10-19(21)23(28)30-15-22(27)26(13-12-24)18-8-4-3-5-9-18/h3-11H,13-15H2,1-2H3. The first-order chi connectivity index (χ1) is 15.0. The third-order valence-corrected chi connectivity index (χ3v) is 4.58. The SMILES string of the molecule is Cc1noc(C)c1COc1ccccc1C(=O)OCC(=O)N(CC#N)c1ccccc1. The first-order valence-electron chi connectivity index (χ1n) is 9.54. The molecule has 0 bridgehead atoms. The summed E-state index contributed by atoms with van der Waals surface area (Å²) in [6.45, 7) is 3.10. The fourth-order valence-electron chi connectivity index (χ4n) is 2.90. The number of nitriles is 1. The molecule has 0 aliphatic heterocycles. The fourth-order valence-corrected chi connectivity index (χ4v) is 2.90. The number of benzene rings is 2. The van der Waals surface area contributed by atoms with E-state index in [1.807, 2.05) is 6.07 Å². The lowest BCUT2D eigenvalue weighted by Gasteiger charge is -2.19. The number of carbonyl (C=O) groups is 2. The maximum Gasteiger partial charge on any atom is 0.342 e. The van der Waals surface area contributed by atoms with Crippen molar-refractivity contribution in [2.24, 2.45) is 0 Å². The molecule has 1 amide bonds. The molecule has 0 atom stereocenters. The Bertz CT molecular complexity index is 1080. The molecule has 1 heterocycles. The molecule has 0 saturated heterocycles. The van der Waals surface area contributed by atoms with Crippen molar-refractivity contribution in [3.63, 3.8) is 0 Å². The molecule has 0 fully saturated rings. The van der Waals surface area contributed by atoms with Crippen LogP contribution in [-0.2, 0) is 16.1 Å². The number of aryl methyl sites for hydroxylation is 2. The fraction of sp³-hybridized carbons (Fsp3) is 0.217. The van der Waals surface area contributed by atoms with Crippen molar-refractivity contribution in [1.82, 2.24) is 5.16 Å². The lowest BCUT2D eigenvalue weighted by Crippen LogP contribution is -2.35. The zero-order valence-corrected chi connectivity index (χ0v) is 17.2. The van der Waals surface area contributed by atoms with Gasteiger partial charge in [-0.25, -0.2) is 4.79 Å². The summed E-state index contributed by atoms with van der Waals surface area (Å²) in [5.74, 6) is -0.249. The Hall–Kier alpha value is -4.12. The van der Waals surface area contributed by atoms with Crippen molar-refractivity contribution in [3.05, 3.63) is 77.2 Å². The monoisotopic (exact) mass is 419 g/mol. The van der Waals surface area contributed by atoms with E-state index in [2.05, 4.69) is 5.16 Å². The largest absolute Gasteiger partial charge is 0.488 e. The topological polar surface area (TPSA) is 106 Å². The number of para-hydroxylation sites is 2. The minimum absolute atomic E-state index is 0.155. The maximum absolute atomic E-state index is 12.6. The molecule has 0 aliphatic rings. The number of rotatable bonds is 8. The molecule has 31 heavy (non-hydrogen) atoms. The second kappa shape index (κ2) is 10.1. The van der Waals surface area contributed by atoms with Gasteiger partial charge in [0, 0.05) is 5.69 Å². The highest BCUT2D eigenvalue weighted by Gasteiger charge is 2.20. The predicted octanol–water partition coefficient (Wildman–Crippen LogP) is 3.58. The van der Waals surface area contributed by atoms with Gasteiger partial charge >= 0.3 is 5.97 Å². The van der Waals surface area contributed by atoms with Crippen molar-refractivity contribution in [3.8, 4) is 11.8 Å². The van der Waals surface area contributed by atoms with Crippen molar-refractivity contribution in [1.29, 1.82) is 5.26 Å². The van der Waals surface area contributed by atoms with Crippen LogP contribution in [0.15, 0.2) is 59.1 Å². The van der Waals surface area contributed by atoms with Crippen molar-refractivity contribution in [2.75, 3.05) is 18.1 Å². The zero-order chi connectivity index (χ0) is 22.2. The maximum atomic E-state index is 12.6. The summed E-state index contributed by atoms with van der Waals surface area (Å²) in [4.78, 5) is 26.4. The first kappa shape index (κ1) is 21.6. The van der Waals surface area contributed by atoms with Crippen LogP contribution < -0.4 is 9.64 Å². The number of ether oxygens (including phenoxy) is 2. The Morgan fingerprint density at radius 1 is 1.10 bits per heavy atom. The van der Waals surface area contributed by atoms with E-state index < -0.39 is 18.5 Å². The van der Waals surface area contributed by atoms with Crippen LogP contribution in [0.2, 0.25) is 0 Å². The molecule has 0 spiro atoms. The lowest BCUT2D eigenvalue weighted by molar-refractivity contribution is -0.121. The van der Waals surface area contributed by atoms with Gasteiger partial charge < -0.3 is 14.0 Å². The van der Waals surface area contributed by atoms with Gasteiger partial charge in [-0.15, -0.1) is 0 Å². The summed E-state index contributed by atoms with van der Waals surface area (Å²) in [5, 5.41) is 12.9. The van der Waals surface area contributed by atoms with Gasteiger partial charge in [-0.05, 0) is 38.1 Å². The number of hydrogen-bond donors (Lipinski definition) is 0. The Balaban J connectivity index is 1.66. The van der Waals surface area contributed by atoms with E-state index in [0.717, 1.165) is 5.56 Å². The predicted molar refractivity (Wildman–Crippen MR) is 111 cm³/mol. The average molecular weight is 419 g/mol. The molecule has 1 aromatic heterocycles. The molecule has 8 nitrogen and oxygen atoms in total. The molecule has 0 saturated carbocycles. The van der Waals surface area contributed by atoms with E-state index in [9.17, 15) is 9.59 Å². The number of aromatic nitrogens is 1. The molecule has 158 valence electrons. The van der Waals surface area contributed by atoms with Crippen LogP contribution in [0.5, 0.6) is 5.75 Å². The van der Waals surface area contributed by atoms with Crippen LogP contribution in [0.3, 0.4) is 0 Å². The van der Waals surface area contributed by atoms with E-state index in [4.69, 9.17) is 19.3 Å². The van der Waals surface area contributed by atoms with Crippen LogP contribution in [-0.4, -0.2) is 30.2 Å². The van der Waals surface area contributed by atoms with Crippen LogP contribution in [0, 0.1) is 25.2 Å². The molecular weight excluding hydrogens is 398 g/mol. The van der Waals surface area contributed by atoms with Gasteiger partial charge in [-0.3, -0.25) is 9.69 Å². The lowest BCUT2D eigenvalue weighted by atomic mass is 10.2. The molecule has 3 rings (SSSR count). The summed E-state index contributed by atoms with van der Waals surface area (Å²) >= 11 is 0. The molecular formula is C23H21N3O5. The van der Waals surface area contributed by atoms with Gasteiger partial charge in [0.05, 0.1) is 17.3 Å². The van der Waals surface area contributed by atoms with Gasteiger partial charge in [0.2, 0.25) is 0 Å². The van der Waals surface area contributed by atoms with Crippen molar-refractivity contribution < 1.29 is 23.6 Å². The van der Waals surface area contributed by atoms with Crippen LogP contribution in [0.4, 0.5) is 5.69 Å². The number of nitrogens with zero attached hydrogens (tertiary/aromatic N) is 3. The van der Waals surface area contributed by atoms with E-state index in [1.54, 1.807) is 68.4 Å². The van der Waals surface area contributed by atoms with Gasteiger partial charge in [0.15, 0.2) is 6.61 Å². The molecule has 0 radical (unpaired) electrons. The van der Waals surface area contributed by atoms with Crippen LogP contribution in [0.25, 0.3) is 0 Å². The molecule has 8 heteroatoms. The summed E-state index contributed by atoms with van der Waals surface area (Å²) in [7, 11) is 0. The highest BCUT2D eigenvalue weighted by atomic mass is 16.5. The highest BCUT2D eigenvalue weighted by Crippen LogP contribution is 2.22. The first-order valence-corrected chi connectivity index (χ1v) is 9.54. The Morgan fingerprint density at radius 3 is 2.48 bits per heavy atom. The smallest absolute Gasteiger partial charge is 0.342 e. The molecule has 0 unspecified atom stereocenters. The quantitative estimate of drug-likeness (QED) is 0.406. The van der Waals surface area contributed by atoms with Crippen LogP contribution >= 0.6 is 0 Å². The zero-order valence-electron chi connectivity index (χ0n) is 17.2. The average Bonchev–Trinajstić information content (AvgIpc) is 3.12. The summed E-state index contributed by atoms with van der Waals surface area (Å²) in [6.07, 6.45) is 0. The number of esters is 1. The molecule has 0 N–H and O–H groups in total. The number of carbonyl (C=O) groups excluding carboxylic acids is 2. The van der Waals surface area contributed by atoms with Crippen LogP contribution in [0.1, 0.15) is 27.4 Å². The van der Waals surface area contributed by atoms with Crippen molar-refractivity contribution >= 4 is 17.6 Å². The second-order valence-corrected chi connectivity index (χ2v) is 6.64. The third-order valence-electron chi connectivity index (χ3n) is 4.58. The van der Waals surface area contributed by atoms with Gasteiger partial charge in [-0.2, -0.15) is 5.26 Å². The van der Waals surface area contributed by atoms with Crippen molar-refractivity contribution in [2.45, 2.75) is 20.5 Å². The van der Waals surface area contributed by atoms with E-state index in [0.29, 0.717) is 22.9 Å². The second-order valence-electron chi connectivity index (χ2n) is 6.64. The van der Waals surface area contributed by atoms with E-state index >= 15 is 0 Å². The van der Waals surface area contributed by atoms with E-state index in [-0.39, 0.29) is 18.7 Å². The Labute approximate surface area is 179 Å². The van der Waals surface area contributed by atoms with Gasteiger partial charge in [0.25, 0.3) is 5.91 Å². The van der Waals surface area contributed by atoms with Gasteiger partial charge in [0.1, 0.15) is 30.2 Å². The Morgan fingerprint density at radius 2 is 1.81 bits per heavy atom. The number of hydrogen-bond acceptors (Lipinski definition) is 7. The number of anilines is 1. The molecule has 2 aromatic carbocycles. The molecule has 3 aromatic rings. The highest BCUT2D eigenvalue weighted by molar-refractivity contribution is 5.98. The Kier molecular flexibility index (Phi) is 7.01. The minimum atomic E-state index is -0.701. The number of amides is 1. The van der Waals surface area contributed by atoms with Gasteiger partial charge in [-0.1, -0.05) is 35.5 Å². The normalized spacial score (nSPS) is 10.2. The summed E-state index contributed by atoms with van der Waals surface area (Å²) in [6, 6.07) is 17.3. The minimum Gasteiger partial charge on any atom is -0.488 e. The van der Waals surface area contributed by atoms with E-state index in [1.165, 1.54) is 4.90 Å². The third kappa shape index (κ3) is 5.28. The summed E-state index contributed by atoms with van der Waals surface area (Å²) in [5.41, 5.74) is 2.25. The molecule has 0 aliphatic carbocycles. The summed E-state index contributed by atoms with van der Waals surface area (Å²) < 4.78 is 16.1.